The number of hydrogen-bond donors (Lipinski definition) is 5. The summed E-state index contributed by atoms with van der Waals surface area (Å²) in [5.74, 6) is 0. The molecule has 0 aliphatic rings. The summed E-state index contributed by atoms with van der Waals surface area (Å²) in [6, 6.07) is 0. The third kappa shape index (κ3) is 14.6. The quantitative estimate of drug-likeness (QED) is 0.320. The zero-order valence-electron chi connectivity index (χ0n) is 12.4. The Bertz CT molecular complexity index is 271. The minimum atomic E-state index is -0.687. The van der Waals surface area contributed by atoms with Gasteiger partial charge in [0.25, 0.3) is 0 Å². The molecule has 0 aromatic rings. The lowest BCUT2D eigenvalue weighted by molar-refractivity contribution is 0.0779. The SMILES string of the molecule is CC(O)COC(=O)NCCNCCNC(=O)OCC(C)O. The summed E-state index contributed by atoms with van der Waals surface area (Å²) in [5.41, 5.74) is 0. The van der Waals surface area contributed by atoms with Crippen molar-refractivity contribution in [1.29, 1.82) is 0 Å². The van der Waals surface area contributed by atoms with Crippen molar-refractivity contribution in [3.63, 3.8) is 0 Å². The molecule has 0 aliphatic carbocycles. The summed E-state index contributed by atoms with van der Waals surface area (Å²) < 4.78 is 9.37. The van der Waals surface area contributed by atoms with Crippen LogP contribution in [-0.4, -0.2) is 74.0 Å². The fraction of sp³-hybridized carbons (Fsp3) is 0.833. The maximum absolute atomic E-state index is 11.1. The van der Waals surface area contributed by atoms with Gasteiger partial charge in [-0.25, -0.2) is 9.59 Å². The summed E-state index contributed by atoms with van der Waals surface area (Å²) in [5, 5.41) is 25.8. The highest BCUT2D eigenvalue weighted by molar-refractivity contribution is 5.67. The van der Waals surface area contributed by atoms with Gasteiger partial charge in [0.05, 0.1) is 12.2 Å². The molecule has 0 aliphatic heterocycles. The van der Waals surface area contributed by atoms with Crippen LogP contribution in [0.5, 0.6) is 0 Å². The highest BCUT2D eigenvalue weighted by Crippen LogP contribution is 1.84. The van der Waals surface area contributed by atoms with Gasteiger partial charge in [-0.05, 0) is 13.8 Å². The molecule has 5 N–H and O–H groups in total. The van der Waals surface area contributed by atoms with Crippen molar-refractivity contribution in [1.82, 2.24) is 16.0 Å². The number of aliphatic hydroxyl groups is 2. The zero-order chi connectivity index (χ0) is 16.1. The molecule has 124 valence electrons. The van der Waals surface area contributed by atoms with E-state index in [2.05, 4.69) is 25.4 Å². The minimum Gasteiger partial charge on any atom is -0.447 e. The molecule has 21 heavy (non-hydrogen) atoms. The summed E-state index contributed by atoms with van der Waals surface area (Å²) >= 11 is 0. The first-order valence-corrected chi connectivity index (χ1v) is 6.80. The Kier molecular flexibility index (Phi) is 11.3. The average Bonchev–Trinajstić information content (AvgIpc) is 2.41. The molecule has 2 amide bonds. The van der Waals surface area contributed by atoms with Crippen molar-refractivity contribution < 1.29 is 29.3 Å². The minimum absolute atomic E-state index is 0.0439. The molecule has 9 nitrogen and oxygen atoms in total. The van der Waals surface area contributed by atoms with Gasteiger partial charge >= 0.3 is 12.2 Å². The van der Waals surface area contributed by atoms with E-state index < -0.39 is 24.4 Å². The Labute approximate surface area is 124 Å². The van der Waals surface area contributed by atoms with Gasteiger partial charge in [-0.2, -0.15) is 0 Å². The van der Waals surface area contributed by atoms with Gasteiger partial charge < -0.3 is 35.6 Å². The third-order valence-electron chi connectivity index (χ3n) is 2.05. The monoisotopic (exact) mass is 307 g/mol. The number of carbonyl (C=O) groups is 2. The first-order chi connectivity index (χ1) is 9.91. The van der Waals surface area contributed by atoms with E-state index in [0.29, 0.717) is 26.2 Å². The second kappa shape index (κ2) is 12.2. The van der Waals surface area contributed by atoms with Gasteiger partial charge in [0.1, 0.15) is 13.2 Å². The van der Waals surface area contributed by atoms with E-state index in [0.717, 1.165) is 0 Å². The van der Waals surface area contributed by atoms with Crippen LogP contribution in [0, 0.1) is 0 Å². The Morgan fingerprint density at radius 3 is 1.57 bits per heavy atom. The summed E-state index contributed by atoms with van der Waals surface area (Å²) in [4.78, 5) is 22.2. The predicted octanol–water partition coefficient (Wildman–Crippen LogP) is -1.21. The van der Waals surface area contributed by atoms with Gasteiger partial charge in [0, 0.05) is 26.2 Å². The van der Waals surface area contributed by atoms with Crippen LogP contribution in [0.4, 0.5) is 9.59 Å². The molecule has 0 rings (SSSR count). The lowest BCUT2D eigenvalue weighted by Gasteiger charge is -2.10. The zero-order valence-corrected chi connectivity index (χ0v) is 12.4. The average molecular weight is 307 g/mol. The lowest BCUT2D eigenvalue weighted by atomic mass is 10.4. The highest BCUT2D eigenvalue weighted by Gasteiger charge is 2.04. The van der Waals surface area contributed by atoms with Crippen LogP contribution in [0.15, 0.2) is 0 Å². The van der Waals surface area contributed by atoms with Gasteiger partial charge in [-0.15, -0.1) is 0 Å². The Morgan fingerprint density at radius 1 is 0.857 bits per heavy atom. The number of nitrogens with one attached hydrogen (secondary N) is 3. The number of ether oxygens (including phenoxy) is 2. The smallest absolute Gasteiger partial charge is 0.407 e. The number of hydrogen-bond acceptors (Lipinski definition) is 7. The van der Waals surface area contributed by atoms with Crippen LogP contribution < -0.4 is 16.0 Å². The molecule has 0 aromatic carbocycles. The Balaban J connectivity index is 3.32. The van der Waals surface area contributed by atoms with E-state index in [1.807, 2.05) is 0 Å². The normalized spacial score (nSPS) is 13.1. The topological polar surface area (TPSA) is 129 Å². The number of aliphatic hydroxyl groups excluding tert-OH is 2. The third-order valence-corrected chi connectivity index (χ3v) is 2.05. The molecule has 0 bridgehead atoms. The number of alkyl carbamates (subject to hydrolysis) is 2. The van der Waals surface area contributed by atoms with Crippen LogP contribution in [0.3, 0.4) is 0 Å². The number of amides is 2. The molecule has 0 aromatic heterocycles. The molecule has 0 spiro atoms. The number of carbonyl (C=O) groups excluding carboxylic acids is 2. The molecular formula is C12H25N3O6. The van der Waals surface area contributed by atoms with Crippen molar-refractivity contribution in [3.8, 4) is 0 Å². The predicted molar refractivity (Wildman–Crippen MR) is 74.9 cm³/mol. The molecule has 9 heteroatoms. The van der Waals surface area contributed by atoms with E-state index in [1.165, 1.54) is 13.8 Å². The second-order valence-corrected chi connectivity index (χ2v) is 4.50. The van der Waals surface area contributed by atoms with E-state index in [9.17, 15) is 9.59 Å². The second-order valence-electron chi connectivity index (χ2n) is 4.50. The van der Waals surface area contributed by atoms with Crippen LogP contribution in [0.25, 0.3) is 0 Å². The largest absolute Gasteiger partial charge is 0.447 e. The summed E-state index contributed by atoms with van der Waals surface area (Å²) in [6.07, 6.45) is -2.54. The fourth-order valence-electron chi connectivity index (χ4n) is 1.13. The Hall–Kier alpha value is -1.58. The molecule has 0 saturated heterocycles. The summed E-state index contributed by atoms with van der Waals surface area (Å²) in [6.45, 7) is 4.70. The van der Waals surface area contributed by atoms with Crippen molar-refractivity contribution in [2.45, 2.75) is 26.1 Å². The maximum Gasteiger partial charge on any atom is 0.407 e. The van der Waals surface area contributed by atoms with Gasteiger partial charge in [0.15, 0.2) is 0 Å². The first-order valence-electron chi connectivity index (χ1n) is 6.80. The Morgan fingerprint density at radius 2 is 1.24 bits per heavy atom. The molecule has 0 fully saturated rings. The number of rotatable bonds is 10. The maximum atomic E-state index is 11.1. The lowest BCUT2D eigenvalue weighted by Crippen LogP contribution is -2.37. The molecule has 0 radical (unpaired) electrons. The summed E-state index contributed by atoms with van der Waals surface area (Å²) in [7, 11) is 0. The van der Waals surface area contributed by atoms with E-state index in [1.54, 1.807) is 0 Å². The van der Waals surface area contributed by atoms with Crippen molar-refractivity contribution in [3.05, 3.63) is 0 Å². The van der Waals surface area contributed by atoms with Crippen molar-refractivity contribution in [2.75, 3.05) is 39.4 Å². The molecule has 0 heterocycles. The fourth-order valence-corrected chi connectivity index (χ4v) is 1.13. The van der Waals surface area contributed by atoms with Crippen molar-refractivity contribution in [2.24, 2.45) is 0 Å². The standard InChI is InChI=1S/C12H25N3O6/c1-9(16)7-20-11(18)14-5-3-13-4-6-15-12(19)21-8-10(2)17/h9-10,13,16-17H,3-8H2,1-2H3,(H,14,18)(H,15,19). The van der Waals surface area contributed by atoms with Gasteiger partial charge in [-0.3, -0.25) is 0 Å². The van der Waals surface area contributed by atoms with E-state index >= 15 is 0 Å². The highest BCUT2D eigenvalue weighted by atomic mass is 16.6. The molecule has 2 unspecified atom stereocenters. The molecule has 0 saturated carbocycles. The van der Waals surface area contributed by atoms with E-state index in [4.69, 9.17) is 10.2 Å². The van der Waals surface area contributed by atoms with Crippen LogP contribution in [0.1, 0.15) is 13.8 Å². The van der Waals surface area contributed by atoms with E-state index in [-0.39, 0.29) is 13.2 Å². The van der Waals surface area contributed by atoms with Crippen LogP contribution in [0.2, 0.25) is 0 Å². The first kappa shape index (κ1) is 19.4. The van der Waals surface area contributed by atoms with Gasteiger partial charge in [-0.1, -0.05) is 0 Å². The van der Waals surface area contributed by atoms with Crippen molar-refractivity contribution >= 4 is 12.2 Å². The molecule has 2 atom stereocenters. The van der Waals surface area contributed by atoms with Gasteiger partial charge in [0.2, 0.25) is 0 Å². The van der Waals surface area contributed by atoms with Crippen LogP contribution in [-0.2, 0) is 9.47 Å². The molecular weight excluding hydrogens is 282 g/mol. The van der Waals surface area contributed by atoms with Crippen LogP contribution >= 0.6 is 0 Å².